The third kappa shape index (κ3) is 21.8. The molecule has 4 rings (SSSR count). The molecule has 0 saturated carbocycles. The number of aliphatic imine (C=N–C) groups is 2. The summed E-state index contributed by atoms with van der Waals surface area (Å²) in [6, 6.07) is 9.26. The van der Waals surface area contributed by atoms with Gasteiger partial charge in [-0.1, -0.05) is 48.5 Å². The highest BCUT2D eigenvalue weighted by Crippen LogP contribution is 2.26. The van der Waals surface area contributed by atoms with Crippen LogP contribution in [-0.2, 0) is 60.8 Å². The fourth-order valence-electron chi connectivity index (χ4n) is 9.09. The number of fused-ring (bicyclic) bond motifs is 1. The summed E-state index contributed by atoms with van der Waals surface area (Å²) in [5.74, 6) is -9.31. The molecule has 1 saturated heterocycles. The molecule has 78 heavy (non-hydrogen) atoms. The minimum Gasteiger partial charge on any atom is -0.370 e. The first-order valence-corrected chi connectivity index (χ1v) is 26.3. The molecule has 0 unspecified atom stereocenters. The quantitative estimate of drug-likeness (QED) is 0.0329. The maximum Gasteiger partial charge on any atom is 0.243 e. The van der Waals surface area contributed by atoms with Crippen LogP contribution < -0.4 is 66.3 Å². The molecule has 7 atom stereocenters. The molecule has 1 fully saturated rings. The van der Waals surface area contributed by atoms with E-state index >= 15 is 0 Å². The summed E-state index contributed by atoms with van der Waals surface area (Å²) in [5, 5.41) is 16.7. The average molecular weight is 1080 g/mol. The second-order valence-electron chi connectivity index (χ2n) is 19.5. The van der Waals surface area contributed by atoms with Crippen molar-refractivity contribution in [2.24, 2.45) is 56.2 Å². The number of carbonyl (C=O) groups is 10. The van der Waals surface area contributed by atoms with Crippen molar-refractivity contribution in [2.75, 3.05) is 26.2 Å². The largest absolute Gasteiger partial charge is 0.370 e. The van der Waals surface area contributed by atoms with Crippen LogP contribution in [0.5, 0.6) is 0 Å². The van der Waals surface area contributed by atoms with Gasteiger partial charge in [-0.2, -0.15) is 0 Å². The molecule has 0 bridgehead atoms. The molecule has 3 aromatic rings. The zero-order chi connectivity index (χ0) is 57.1. The van der Waals surface area contributed by atoms with Gasteiger partial charge in [0.25, 0.3) is 0 Å². The fraction of sp³-hybridized carbons (Fsp3) is 0.509. The maximum absolute atomic E-state index is 14.8. The Morgan fingerprint density at radius 3 is 2.05 bits per heavy atom. The van der Waals surface area contributed by atoms with Crippen molar-refractivity contribution in [3.63, 3.8) is 0 Å². The number of nitrogens with one attached hydrogen (secondary N) is 7. The third-order valence-electron chi connectivity index (χ3n) is 13.2. The number of hydrogen-bond acceptors (Lipinski definition) is 13. The van der Waals surface area contributed by atoms with Crippen molar-refractivity contribution >= 4 is 81.5 Å². The van der Waals surface area contributed by atoms with Crippen LogP contribution in [0.25, 0.3) is 10.9 Å². The van der Waals surface area contributed by atoms with E-state index in [0.717, 1.165) is 16.5 Å². The Kier molecular flexibility index (Phi) is 25.9. The van der Waals surface area contributed by atoms with E-state index in [1.54, 1.807) is 36.5 Å². The van der Waals surface area contributed by atoms with Crippen molar-refractivity contribution in [3.8, 4) is 0 Å². The summed E-state index contributed by atoms with van der Waals surface area (Å²) in [5.41, 5.74) is 35.6. The topological polar surface area (TPSA) is 440 Å². The first kappa shape index (κ1) is 62.3. The normalized spacial score (nSPS) is 20.9. The standard InChI is InChI=1S/C53H77N15O10/c1-31(69)64-40(20-11-23-62-53(58)59)49(76)68-43-28-46(73)60-21-8-7-18-39(47(55)74)65-48(75)34(25-35-30-63-38-17-6-5-16-37(35)38)27-44(71)33(14-10-22-61-52(56)57)26-45(72)42(24-32-12-3-2-4-13-32)67-50(77)41(66-51(43)78)19-9-15-36(70)29-54/h2-6,12-13,16-17,30,33-34,39-43,63H,7-11,14-15,18-29,54H2,1H3,(H2,55,74)(H,60,73)(H,64,69)(H,65,75)(H,66,78)(H,67,77)(H,68,76)(H4,56,57,61)(H4,58,59,62)/t33-,34-,39+,40+,41+,42-,43+/m1/s1. The monoisotopic (exact) mass is 1080 g/mol. The van der Waals surface area contributed by atoms with E-state index in [0.29, 0.717) is 5.56 Å². The molecule has 19 N–H and O–H groups in total. The minimum absolute atomic E-state index is 0.0130. The van der Waals surface area contributed by atoms with Crippen LogP contribution in [0, 0.1) is 11.8 Å². The predicted molar refractivity (Wildman–Crippen MR) is 292 cm³/mol. The molecule has 1 aliphatic rings. The van der Waals surface area contributed by atoms with Gasteiger partial charge < -0.3 is 71.3 Å². The molecule has 424 valence electrons. The molecule has 2 aromatic carbocycles. The van der Waals surface area contributed by atoms with Crippen molar-refractivity contribution in [1.82, 2.24) is 36.9 Å². The molecular formula is C53H77N15O10. The van der Waals surface area contributed by atoms with Gasteiger partial charge in [-0.05, 0) is 87.8 Å². The lowest BCUT2D eigenvalue weighted by molar-refractivity contribution is -0.136. The van der Waals surface area contributed by atoms with E-state index < -0.39 is 108 Å². The second-order valence-corrected chi connectivity index (χ2v) is 19.5. The van der Waals surface area contributed by atoms with E-state index in [1.165, 1.54) is 6.92 Å². The predicted octanol–water partition coefficient (Wildman–Crippen LogP) is -1.47. The number of H-pyrrole nitrogens is 1. The fourth-order valence-corrected chi connectivity index (χ4v) is 9.09. The summed E-state index contributed by atoms with van der Waals surface area (Å²) in [6.45, 7) is 1.12. The molecule has 25 heteroatoms. The highest BCUT2D eigenvalue weighted by atomic mass is 16.2. The van der Waals surface area contributed by atoms with E-state index in [-0.39, 0.29) is 127 Å². The Morgan fingerprint density at radius 1 is 0.705 bits per heavy atom. The summed E-state index contributed by atoms with van der Waals surface area (Å²) in [7, 11) is 0. The summed E-state index contributed by atoms with van der Waals surface area (Å²) >= 11 is 0. The van der Waals surface area contributed by atoms with Crippen LogP contribution in [0.15, 0.2) is 70.8 Å². The summed E-state index contributed by atoms with van der Waals surface area (Å²) in [4.78, 5) is 149. The van der Waals surface area contributed by atoms with Gasteiger partial charge in [0.15, 0.2) is 17.7 Å². The highest BCUT2D eigenvalue weighted by Gasteiger charge is 2.35. The maximum atomic E-state index is 14.8. The Balaban J connectivity index is 1.80. The summed E-state index contributed by atoms with van der Waals surface area (Å²) < 4.78 is 0. The average Bonchev–Trinajstić information content (AvgIpc) is 3.81. The van der Waals surface area contributed by atoms with Crippen LogP contribution in [0.2, 0.25) is 0 Å². The number of benzene rings is 2. The molecule has 0 radical (unpaired) electrons. The molecule has 7 amide bonds. The van der Waals surface area contributed by atoms with Gasteiger partial charge in [-0.15, -0.1) is 0 Å². The van der Waals surface area contributed by atoms with Gasteiger partial charge in [0.05, 0.1) is 19.0 Å². The minimum atomic E-state index is -1.66. The molecule has 1 aromatic heterocycles. The zero-order valence-electron chi connectivity index (χ0n) is 44.2. The Hall–Kier alpha value is -8.22. The van der Waals surface area contributed by atoms with Crippen molar-refractivity contribution in [3.05, 3.63) is 71.9 Å². The second kappa shape index (κ2) is 32.4. The van der Waals surface area contributed by atoms with Crippen molar-refractivity contribution in [2.45, 2.75) is 133 Å². The van der Waals surface area contributed by atoms with Gasteiger partial charge in [0, 0.05) is 74.8 Å². The van der Waals surface area contributed by atoms with Crippen LogP contribution in [-0.4, -0.2) is 132 Å². The molecule has 2 heterocycles. The van der Waals surface area contributed by atoms with Gasteiger partial charge in [-0.3, -0.25) is 57.9 Å². The van der Waals surface area contributed by atoms with Crippen LogP contribution in [0.3, 0.4) is 0 Å². The van der Waals surface area contributed by atoms with Gasteiger partial charge in [0.1, 0.15) is 35.7 Å². The lowest BCUT2D eigenvalue weighted by atomic mass is 9.83. The zero-order valence-corrected chi connectivity index (χ0v) is 44.2. The molecular weight excluding hydrogens is 1010 g/mol. The van der Waals surface area contributed by atoms with E-state index in [1.807, 2.05) is 24.3 Å². The van der Waals surface area contributed by atoms with Gasteiger partial charge >= 0.3 is 0 Å². The number of primary amides is 1. The number of Topliss-reactive ketones (excluding diaryl/α,β-unsaturated/α-hetero) is 3. The number of guanidine groups is 2. The molecule has 25 nitrogen and oxygen atoms in total. The SMILES string of the molecule is CC(=O)N[C@@H](CCCN=C(N)N)C(=O)N[C@H]1CC(=O)NCCCC[C@@H](C(N)=O)NC(=O)[C@H](Cc2c[nH]c3ccccc23)CC(=O)[C@H](CCCN=C(N)N)CC(=O)[C@@H](Cc2ccccc2)NC(=O)[C@H](CCCC(=O)CN)NC1=O. The smallest absolute Gasteiger partial charge is 0.243 e. The van der Waals surface area contributed by atoms with Crippen molar-refractivity contribution < 1.29 is 47.9 Å². The number of rotatable bonds is 21. The van der Waals surface area contributed by atoms with Gasteiger partial charge in [0.2, 0.25) is 41.4 Å². The van der Waals surface area contributed by atoms with Crippen LogP contribution >= 0.6 is 0 Å². The first-order valence-electron chi connectivity index (χ1n) is 26.3. The van der Waals surface area contributed by atoms with E-state index in [2.05, 4.69) is 46.9 Å². The number of carbonyl (C=O) groups excluding carboxylic acids is 10. The molecule has 0 aliphatic carbocycles. The molecule has 1 aliphatic heterocycles. The highest BCUT2D eigenvalue weighted by molar-refractivity contribution is 5.99. The Bertz CT molecular complexity index is 2610. The van der Waals surface area contributed by atoms with Crippen LogP contribution in [0.4, 0.5) is 0 Å². The Labute approximate surface area is 452 Å². The van der Waals surface area contributed by atoms with Crippen molar-refractivity contribution in [1.29, 1.82) is 0 Å². The number of nitrogens with two attached hydrogens (primary N) is 6. The number of ketones is 3. The van der Waals surface area contributed by atoms with Gasteiger partial charge in [-0.25, -0.2) is 0 Å². The first-order chi connectivity index (χ1) is 37.2. The number of aromatic amines is 1. The number of nitrogens with zero attached hydrogens (tertiary/aromatic N) is 2. The molecule has 0 spiro atoms. The number of amides is 7. The lowest BCUT2D eigenvalue weighted by Gasteiger charge is -2.27. The lowest BCUT2D eigenvalue weighted by Crippen LogP contribution is -2.58. The number of aromatic nitrogens is 1. The summed E-state index contributed by atoms with van der Waals surface area (Å²) in [6.07, 6.45) is 1.20. The third-order valence-corrected chi connectivity index (χ3v) is 13.2. The van der Waals surface area contributed by atoms with E-state index in [4.69, 9.17) is 34.4 Å². The number of hydrogen-bond donors (Lipinski definition) is 13. The van der Waals surface area contributed by atoms with Crippen LogP contribution in [0.1, 0.15) is 102 Å². The number of para-hydroxylation sites is 1. The van der Waals surface area contributed by atoms with E-state index in [9.17, 15) is 47.9 Å². The Morgan fingerprint density at radius 2 is 1.37 bits per heavy atom.